The Bertz CT molecular complexity index is 467. The average molecular weight is 261 g/mol. The van der Waals surface area contributed by atoms with Crippen LogP contribution in [0.1, 0.15) is 35.3 Å². The summed E-state index contributed by atoms with van der Waals surface area (Å²) in [5.41, 5.74) is 1.02. The predicted octanol–water partition coefficient (Wildman–Crippen LogP) is 2.99. The molecule has 96 valence electrons. The second-order valence-corrected chi connectivity index (χ2v) is 5.42. The van der Waals surface area contributed by atoms with Gasteiger partial charge in [0, 0.05) is 34.8 Å². The maximum atomic E-state index is 4.40. The van der Waals surface area contributed by atoms with Crippen molar-refractivity contribution in [3.8, 4) is 0 Å². The van der Waals surface area contributed by atoms with Crippen LogP contribution < -0.4 is 5.32 Å². The highest BCUT2D eigenvalue weighted by molar-refractivity contribution is 7.11. The Labute approximate surface area is 112 Å². The molecule has 0 fully saturated rings. The van der Waals surface area contributed by atoms with Crippen LogP contribution in [0.3, 0.4) is 0 Å². The molecule has 0 amide bonds. The standard InChI is InChI=1S/C14H19N3S/c1-3-11-5-6-12(18-11)9-13(16-4-2)14-10-15-7-8-17-14/h5-8,10,13,16H,3-4,9H2,1-2H3. The third-order valence-corrected chi connectivity index (χ3v) is 4.11. The molecule has 2 aromatic rings. The summed E-state index contributed by atoms with van der Waals surface area (Å²) in [6, 6.07) is 4.70. The number of nitrogens with zero attached hydrogens (tertiary/aromatic N) is 2. The Hall–Kier alpha value is -1.26. The molecule has 0 bridgehead atoms. The normalized spacial score (nSPS) is 12.6. The number of rotatable bonds is 6. The zero-order valence-corrected chi connectivity index (χ0v) is 11.7. The van der Waals surface area contributed by atoms with Crippen LogP contribution in [-0.4, -0.2) is 16.5 Å². The highest BCUT2D eigenvalue weighted by Crippen LogP contribution is 2.23. The van der Waals surface area contributed by atoms with Crippen LogP contribution in [0.4, 0.5) is 0 Å². The molecule has 0 radical (unpaired) electrons. The van der Waals surface area contributed by atoms with Gasteiger partial charge in [0.1, 0.15) is 0 Å². The number of aromatic nitrogens is 2. The van der Waals surface area contributed by atoms with Crippen molar-refractivity contribution in [2.24, 2.45) is 0 Å². The average Bonchev–Trinajstić information content (AvgIpc) is 2.87. The van der Waals surface area contributed by atoms with Crippen LogP contribution in [-0.2, 0) is 12.8 Å². The SMILES string of the molecule is CCNC(Cc1ccc(CC)s1)c1cnccn1. The lowest BCUT2D eigenvalue weighted by Crippen LogP contribution is -2.23. The Morgan fingerprint density at radius 2 is 2.06 bits per heavy atom. The Morgan fingerprint density at radius 1 is 1.22 bits per heavy atom. The maximum Gasteiger partial charge on any atom is 0.0759 e. The monoisotopic (exact) mass is 261 g/mol. The van der Waals surface area contributed by atoms with Crippen LogP contribution in [0.15, 0.2) is 30.7 Å². The summed E-state index contributed by atoms with van der Waals surface area (Å²) < 4.78 is 0. The summed E-state index contributed by atoms with van der Waals surface area (Å²) in [4.78, 5) is 11.4. The molecule has 0 aliphatic carbocycles. The summed E-state index contributed by atoms with van der Waals surface area (Å²) >= 11 is 1.89. The number of thiophene rings is 1. The second-order valence-electron chi connectivity index (χ2n) is 4.17. The fourth-order valence-corrected chi connectivity index (χ4v) is 2.94. The number of likely N-dealkylation sites (N-methyl/N-ethyl adjacent to an activating group) is 1. The predicted molar refractivity (Wildman–Crippen MR) is 75.9 cm³/mol. The molecule has 2 heterocycles. The van der Waals surface area contributed by atoms with E-state index < -0.39 is 0 Å². The van der Waals surface area contributed by atoms with E-state index in [1.807, 2.05) is 17.5 Å². The van der Waals surface area contributed by atoms with Gasteiger partial charge in [-0.15, -0.1) is 11.3 Å². The number of hydrogen-bond acceptors (Lipinski definition) is 4. The van der Waals surface area contributed by atoms with E-state index in [9.17, 15) is 0 Å². The van der Waals surface area contributed by atoms with Gasteiger partial charge in [0.15, 0.2) is 0 Å². The topological polar surface area (TPSA) is 37.8 Å². The molecule has 2 aromatic heterocycles. The molecule has 1 atom stereocenters. The maximum absolute atomic E-state index is 4.40. The highest BCUT2D eigenvalue weighted by Gasteiger charge is 2.13. The van der Waals surface area contributed by atoms with Crippen molar-refractivity contribution in [3.63, 3.8) is 0 Å². The van der Waals surface area contributed by atoms with Crippen LogP contribution in [0, 0.1) is 0 Å². The third-order valence-electron chi connectivity index (χ3n) is 2.86. The van der Waals surface area contributed by atoms with Crippen molar-refractivity contribution in [1.82, 2.24) is 15.3 Å². The van der Waals surface area contributed by atoms with Crippen LogP contribution in [0.2, 0.25) is 0 Å². The summed E-state index contributed by atoms with van der Waals surface area (Å²) in [6.45, 7) is 5.25. The van der Waals surface area contributed by atoms with Crippen molar-refractivity contribution < 1.29 is 0 Å². The van der Waals surface area contributed by atoms with Crippen molar-refractivity contribution in [2.75, 3.05) is 6.54 Å². The van der Waals surface area contributed by atoms with Gasteiger partial charge in [-0.05, 0) is 25.1 Å². The van der Waals surface area contributed by atoms with E-state index in [4.69, 9.17) is 0 Å². The lowest BCUT2D eigenvalue weighted by molar-refractivity contribution is 0.538. The zero-order valence-electron chi connectivity index (χ0n) is 10.9. The van der Waals surface area contributed by atoms with Crippen molar-refractivity contribution in [3.05, 3.63) is 46.2 Å². The van der Waals surface area contributed by atoms with E-state index in [0.717, 1.165) is 25.1 Å². The summed E-state index contributed by atoms with van der Waals surface area (Å²) in [6.07, 6.45) is 7.42. The number of nitrogens with one attached hydrogen (secondary N) is 1. The molecule has 0 saturated heterocycles. The van der Waals surface area contributed by atoms with Gasteiger partial charge >= 0.3 is 0 Å². The van der Waals surface area contributed by atoms with Crippen molar-refractivity contribution in [1.29, 1.82) is 0 Å². The summed E-state index contributed by atoms with van der Waals surface area (Å²) in [5, 5.41) is 3.48. The molecule has 3 nitrogen and oxygen atoms in total. The van der Waals surface area contributed by atoms with Crippen molar-refractivity contribution >= 4 is 11.3 Å². The first-order valence-corrected chi connectivity index (χ1v) is 7.22. The molecule has 0 aliphatic rings. The second kappa shape index (κ2) is 6.61. The Morgan fingerprint density at radius 3 is 2.67 bits per heavy atom. The van der Waals surface area contributed by atoms with Gasteiger partial charge in [-0.25, -0.2) is 0 Å². The van der Waals surface area contributed by atoms with Gasteiger partial charge in [-0.2, -0.15) is 0 Å². The minimum atomic E-state index is 0.257. The first-order chi connectivity index (χ1) is 8.83. The Balaban J connectivity index is 2.11. The van der Waals surface area contributed by atoms with Gasteiger partial charge in [0.2, 0.25) is 0 Å². The first kappa shape index (κ1) is 13.2. The van der Waals surface area contributed by atoms with Crippen LogP contribution in [0.5, 0.6) is 0 Å². The minimum absolute atomic E-state index is 0.257. The zero-order chi connectivity index (χ0) is 12.8. The molecule has 0 spiro atoms. The molecule has 2 rings (SSSR count). The van der Waals surface area contributed by atoms with E-state index in [1.165, 1.54) is 9.75 Å². The molecular weight excluding hydrogens is 242 g/mol. The Kier molecular flexibility index (Phi) is 4.84. The number of aryl methyl sites for hydroxylation is 1. The minimum Gasteiger partial charge on any atom is -0.309 e. The van der Waals surface area contributed by atoms with E-state index >= 15 is 0 Å². The molecule has 1 N–H and O–H groups in total. The summed E-state index contributed by atoms with van der Waals surface area (Å²) in [7, 11) is 0. The lowest BCUT2D eigenvalue weighted by atomic mass is 10.1. The van der Waals surface area contributed by atoms with E-state index in [2.05, 4.69) is 41.3 Å². The van der Waals surface area contributed by atoms with E-state index in [1.54, 1.807) is 12.4 Å². The van der Waals surface area contributed by atoms with Gasteiger partial charge in [0.25, 0.3) is 0 Å². The lowest BCUT2D eigenvalue weighted by Gasteiger charge is -2.15. The molecule has 1 unspecified atom stereocenters. The van der Waals surface area contributed by atoms with Crippen LogP contribution in [0.25, 0.3) is 0 Å². The summed E-state index contributed by atoms with van der Waals surface area (Å²) in [5.74, 6) is 0. The van der Waals surface area contributed by atoms with Crippen molar-refractivity contribution in [2.45, 2.75) is 32.7 Å². The van der Waals surface area contributed by atoms with Crippen LogP contribution >= 0.6 is 11.3 Å². The molecular formula is C14H19N3S. The largest absolute Gasteiger partial charge is 0.309 e. The molecule has 18 heavy (non-hydrogen) atoms. The van der Waals surface area contributed by atoms with Gasteiger partial charge in [-0.1, -0.05) is 13.8 Å². The molecule has 4 heteroatoms. The van der Waals surface area contributed by atoms with Gasteiger partial charge < -0.3 is 5.32 Å². The fourth-order valence-electron chi connectivity index (χ4n) is 1.94. The highest BCUT2D eigenvalue weighted by atomic mass is 32.1. The quantitative estimate of drug-likeness (QED) is 0.868. The molecule has 0 aromatic carbocycles. The molecule has 0 aliphatic heterocycles. The van der Waals surface area contributed by atoms with E-state index in [-0.39, 0.29) is 6.04 Å². The van der Waals surface area contributed by atoms with E-state index in [0.29, 0.717) is 0 Å². The fraction of sp³-hybridized carbons (Fsp3) is 0.429. The van der Waals surface area contributed by atoms with Gasteiger partial charge in [-0.3, -0.25) is 9.97 Å². The first-order valence-electron chi connectivity index (χ1n) is 6.40. The third kappa shape index (κ3) is 3.37. The van der Waals surface area contributed by atoms with Gasteiger partial charge in [0.05, 0.1) is 11.7 Å². The molecule has 0 saturated carbocycles. The smallest absolute Gasteiger partial charge is 0.0759 e. The number of hydrogen-bond donors (Lipinski definition) is 1.